The van der Waals surface area contributed by atoms with Crippen molar-refractivity contribution in [2.45, 2.75) is 26.3 Å². The van der Waals surface area contributed by atoms with Crippen molar-refractivity contribution in [3.05, 3.63) is 34.6 Å². The van der Waals surface area contributed by atoms with Gasteiger partial charge in [-0.3, -0.25) is 4.68 Å². The minimum atomic E-state index is 0.584. The van der Waals surface area contributed by atoms with Crippen LogP contribution in [0.3, 0.4) is 0 Å². The van der Waals surface area contributed by atoms with Gasteiger partial charge in [-0.15, -0.1) is 5.10 Å². The molecule has 0 saturated carbocycles. The van der Waals surface area contributed by atoms with Crippen molar-refractivity contribution in [2.24, 2.45) is 0 Å². The first-order valence-electron chi connectivity index (χ1n) is 6.47. The normalized spacial score (nSPS) is 10.6. The Labute approximate surface area is 123 Å². The van der Waals surface area contributed by atoms with E-state index in [1.165, 1.54) is 0 Å². The first kappa shape index (κ1) is 14.7. The molecule has 0 amide bonds. The molecule has 1 aromatic heterocycles. The van der Waals surface area contributed by atoms with Gasteiger partial charge in [-0.25, -0.2) is 0 Å². The van der Waals surface area contributed by atoms with Crippen LogP contribution in [-0.4, -0.2) is 29.2 Å². The molecule has 0 spiro atoms. The van der Waals surface area contributed by atoms with E-state index in [-0.39, 0.29) is 0 Å². The number of hydrogen-bond acceptors (Lipinski definition) is 4. The van der Waals surface area contributed by atoms with Crippen molar-refractivity contribution in [1.29, 1.82) is 0 Å². The highest BCUT2D eigenvalue weighted by atomic mass is 35.5. The quantitative estimate of drug-likeness (QED) is 0.822. The molecule has 20 heavy (non-hydrogen) atoms. The van der Waals surface area contributed by atoms with Crippen molar-refractivity contribution < 1.29 is 9.47 Å². The van der Waals surface area contributed by atoms with E-state index in [1.807, 2.05) is 23.9 Å². The summed E-state index contributed by atoms with van der Waals surface area (Å²) in [5, 5.41) is 8.74. The number of halogens is 1. The van der Waals surface area contributed by atoms with Gasteiger partial charge in [0.25, 0.3) is 0 Å². The zero-order valence-electron chi connectivity index (χ0n) is 11.9. The summed E-state index contributed by atoms with van der Waals surface area (Å²) in [6, 6.07) is 3.68. The third-order valence-corrected chi connectivity index (χ3v) is 3.41. The molecule has 5 nitrogen and oxygen atoms in total. The van der Waals surface area contributed by atoms with E-state index in [9.17, 15) is 0 Å². The van der Waals surface area contributed by atoms with E-state index in [0.29, 0.717) is 10.8 Å². The second-order valence-electron chi connectivity index (χ2n) is 4.36. The molecule has 0 N–H and O–H groups in total. The summed E-state index contributed by atoms with van der Waals surface area (Å²) in [6.45, 7) is 2.86. The lowest BCUT2D eigenvalue weighted by atomic mass is 10.1. The summed E-state index contributed by atoms with van der Waals surface area (Å²) in [6.07, 6.45) is 3.53. The number of ether oxygens (including phenoxy) is 2. The molecule has 2 aromatic rings. The highest BCUT2D eigenvalue weighted by Gasteiger charge is 2.11. The molecule has 1 aromatic carbocycles. The van der Waals surface area contributed by atoms with Gasteiger partial charge in [-0.05, 0) is 31.4 Å². The number of nitrogens with zero attached hydrogens (tertiary/aromatic N) is 3. The maximum atomic E-state index is 6.15. The van der Waals surface area contributed by atoms with Gasteiger partial charge in [0.15, 0.2) is 0 Å². The number of hydrogen-bond donors (Lipinski definition) is 0. The predicted molar refractivity (Wildman–Crippen MR) is 77.7 cm³/mol. The molecule has 0 radical (unpaired) electrons. The first-order valence-corrected chi connectivity index (χ1v) is 6.85. The van der Waals surface area contributed by atoms with Crippen molar-refractivity contribution in [2.75, 3.05) is 14.2 Å². The van der Waals surface area contributed by atoms with Crippen molar-refractivity contribution >= 4 is 11.6 Å². The van der Waals surface area contributed by atoms with Crippen LogP contribution in [0.25, 0.3) is 0 Å². The van der Waals surface area contributed by atoms with Gasteiger partial charge in [0.2, 0.25) is 0 Å². The Balaban J connectivity index is 2.14. The van der Waals surface area contributed by atoms with Crippen molar-refractivity contribution in [3.63, 3.8) is 0 Å². The van der Waals surface area contributed by atoms with Gasteiger partial charge < -0.3 is 9.47 Å². The monoisotopic (exact) mass is 295 g/mol. The molecular formula is C14H18ClN3O2. The van der Waals surface area contributed by atoms with Crippen LogP contribution < -0.4 is 9.47 Å². The van der Waals surface area contributed by atoms with Crippen LogP contribution >= 0.6 is 11.6 Å². The smallest absolute Gasteiger partial charge is 0.141 e. The summed E-state index contributed by atoms with van der Waals surface area (Å²) >= 11 is 6.15. The van der Waals surface area contributed by atoms with Crippen LogP contribution in [0, 0.1) is 0 Å². The van der Waals surface area contributed by atoms with Gasteiger partial charge in [-0.2, -0.15) is 0 Å². The van der Waals surface area contributed by atoms with E-state index in [1.54, 1.807) is 20.3 Å². The molecule has 0 atom stereocenters. The minimum Gasteiger partial charge on any atom is -0.496 e. The SMILES string of the molecule is CCn1cc(CCc2cc(Cl)c(OC)cc2OC)nn1. The fraction of sp³-hybridized carbons (Fsp3) is 0.429. The fourth-order valence-electron chi connectivity index (χ4n) is 1.99. The van der Waals surface area contributed by atoms with Crippen LogP contribution in [-0.2, 0) is 19.4 Å². The number of methoxy groups -OCH3 is 2. The second-order valence-corrected chi connectivity index (χ2v) is 4.77. The summed E-state index contributed by atoms with van der Waals surface area (Å²) in [5.41, 5.74) is 1.99. The molecule has 0 unspecified atom stereocenters. The van der Waals surface area contributed by atoms with Crippen LogP contribution in [0.1, 0.15) is 18.2 Å². The topological polar surface area (TPSA) is 49.2 Å². The van der Waals surface area contributed by atoms with Crippen LogP contribution in [0.5, 0.6) is 11.5 Å². The average molecular weight is 296 g/mol. The Morgan fingerprint density at radius 2 is 1.90 bits per heavy atom. The van der Waals surface area contributed by atoms with E-state index in [0.717, 1.165) is 36.4 Å². The maximum absolute atomic E-state index is 6.15. The first-order chi connectivity index (χ1) is 9.67. The molecule has 0 aliphatic carbocycles. The van der Waals surface area contributed by atoms with E-state index >= 15 is 0 Å². The third kappa shape index (κ3) is 3.22. The highest BCUT2D eigenvalue weighted by Crippen LogP contribution is 2.33. The Morgan fingerprint density at radius 1 is 1.15 bits per heavy atom. The van der Waals surface area contributed by atoms with E-state index in [2.05, 4.69) is 10.3 Å². The molecular weight excluding hydrogens is 278 g/mol. The molecule has 1 heterocycles. The van der Waals surface area contributed by atoms with Gasteiger partial charge in [0, 0.05) is 18.8 Å². The highest BCUT2D eigenvalue weighted by molar-refractivity contribution is 6.32. The minimum absolute atomic E-state index is 0.584. The summed E-state index contributed by atoms with van der Waals surface area (Å²) in [4.78, 5) is 0. The van der Waals surface area contributed by atoms with Crippen LogP contribution in [0.15, 0.2) is 18.3 Å². The average Bonchev–Trinajstić information content (AvgIpc) is 2.93. The Hall–Kier alpha value is -1.75. The lowest BCUT2D eigenvalue weighted by Crippen LogP contribution is -1.97. The zero-order chi connectivity index (χ0) is 14.5. The standard InChI is InChI=1S/C14H18ClN3O2/c1-4-18-9-11(16-17-18)6-5-10-7-12(15)14(20-3)8-13(10)19-2/h7-9H,4-6H2,1-3H3. The summed E-state index contributed by atoms with van der Waals surface area (Å²) in [5.74, 6) is 1.39. The van der Waals surface area contributed by atoms with E-state index in [4.69, 9.17) is 21.1 Å². The maximum Gasteiger partial charge on any atom is 0.141 e. The molecule has 0 saturated heterocycles. The third-order valence-electron chi connectivity index (χ3n) is 3.12. The largest absolute Gasteiger partial charge is 0.496 e. The van der Waals surface area contributed by atoms with Gasteiger partial charge in [0.05, 0.1) is 24.9 Å². The van der Waals surface area contributed by atoms with Gasteiger partial charge in [0.1, 0.15) is 11.5 Å². The summed E-state index contributed by atoms with van der Waals surface area (Å²) < 4.78 is 12.4. The molecule has 0 fully saturated rings. The molecule has 0 aliphatic rings. The van der Waals surface area contributed by atoms with Crippen molar-refractivity contribution in [3.8, 4) is 11.5 Å². The van der Waals surface area contributed by atoms with Gasteiger partial charge >= 0.3 is 0 Å². The Morgan fingerprint density at radius 3 is 2.50 bits per heavy atom. The zero-order valence-corrected chi connectivity index (χ0v) is 12.6. The van der Waals surface area contributed by atoms with E-state index < -0.39 is 0 Å². The molecule has 0 aliphatic heterocycles. The lowest BCUT2D eigenvalue weighted by molar-refractivity contribution is 0.391. The Kier molecular flexibility index (Phi) is 4.84. The molecule has 6 heteroatoms. The van der Waals surface area contributed by atoms with Crippen LogP contribution in [0.2, 0.25) is 5.02 Å². The number of aromatic nitrogens is 3. The second kappa shape index (κ2) is 6.61. The molecule has 108 valence electrons. The number of rotatable bonds is 6. The van der Waals surface area contributed by atoms with Gasteiger partial charge in [-0.1, -0.05) is 16.8 Å². The summed E-state index contributed by atoms with van der Waals surface area (Å²) in [7, 11) is 3.23. The predicted octanol–water partition coefficient (Wildman–Crippen LogP) is 2.75. The fourth-order valence-corrected chi connectivity index (χ4v) is 2.25. The van der Waals surface area contributed by atoms with Crippen LogP contribution in [0.4, 0.5) is 0 Å². The van der Waals surface area contributed by atoms with Crippen molar-refractivity contribution in [1.82, 2.24) is 15.0 Å². The molecule has 2 rings (SSSR count). The molecule has 0 bridgehead atoms. The number of benzene rings is 1. The lowest BCUT2D eigenvalue weighted by Gasteiger charge is -2.11. The Bertz CT molecular complexity index is 584. The number of aryl methyl sites for hydroxylation is 3.